The Hall–Kier alpha value is -0.690. The van der Waals surface area contributed by atoms with E-state index in [4.69, 9.17) is 0 Å². The molecule has 0 saturated heterocycles. The van der Waals surface area contributed by atoms with Gasteiger partial charge in [-0.05, 0) is 31.9 Å². The SMILES string of the molecule is CSC1(CNC(=O)C2(C#N)CCCC2)CCCC1. The molecule has 0 radical (unpaired) electrons. The van der Waals surface area contributed by atoms with Crippen LogP contribution in [0.1, 0.15) is 51.4 Å². The first-order valence-corrected chi connectivity index (χ1v) is 8.14. The van der Waals surface area contributed by atoms with Crippen LogP contribution in [0.2, 0.25) is 0 Å². The van der Waals surface area contributed by atoms with Crippen LogP contribution in [0.5, 0.6) is 0 Å². The van der Waals surface area contributed by atoms with Crippen molar-refractivity contribution in [3.05, 3.63) is 0 Å². The molecule has 2 rings (SSSR count). The molecule has 3 nitrogen and oxygen atoms in total. The molecule has 0 spiro atoms. The molecule has 0 aromatic rings. The number of hydrogen-bond donors (Lipinski definition) is 1. The van der Waals surface area contributed by atoms with E-state index in [2.05, 4.69) is 17.6 Å². The Morgan fingerprint density at radius 3 is 2.28 bits per heavy atom. The second-order valence-corrected chi connectivity index (χ2v) is 6.95. The molecule has 4 heteroatoms. The van der Waals surface area contributed by atoms with Gasteiger partial charge < -0.3 is 5.32 Å². The molecule has 0 heterocycles. The van der Waals surface area contributed by atoms with Gasteiger partial charge in [0.2, 0.25) is 5.91 Å². The number of nitriles is 1. The zero-order valence-corrected chi connectivity index (χ0v) is 11.9. The third kappa shape index (κ3) is 2.51. The van der Waals surface area contributed by atoms with Gasteiger partial charge in [-0.15, -0.1) is 0 Å². The Morgan fingerprint density at radius 2 is 1.78 bits per heavy atom. The first kappa shape index (κ1) is 13.7. The fraction of sp³-hybridized carbons (Fsp3) is 0.857. The molecule has 0 atom stereocenters. The van der Waals surface area contributed by atoms with Gasteiger partial charge in [-0.25, -0.2) is 0 Å². The molecule has 0 aromatic carbocycles. The number of carbonyl (C=O) groups excluding carboxylic acids is 1. The van der Waals surface area contributed by atoms with Crippen molar-refractivity contribution in [2.24, 2.45) is 5.41 Å². The van der Waals surface area contributed by atoms with Crippen molar-refractivity contribution in [2.75, 3.05) is 12.8 Å². The number of nitrogens with one attached hydrogen (secondary N) is 1. The van der Waals surface area contributed by atoms with Gasteiger partial charge in [0.25, 0.3) is 0 Å². The largest absolute Gasteiger partial charge is 0.353 e. The topological polar surface area (TPSA) is 52.9 Å². The first-order chi connectivity index (χ1) is 8.66. The van der Waals surface area contributed by atoms with Crippen molar-refractivity contribution in [3.8, 4) is 6.07 Å². The minimum Gasteiger partial charge on any atom is -0.353 e. The zero-order chi connectivity index (χ0) is 13.1. The van der Waals surface area contributed by atoms with Gasteiger partial charge in [-0.1, -0.05) is 25.7 Å². The second kappa shape index (κ2) is 5.52. The fourth-order valence-electron chi connectivity index (χ4n) is 3.25. The van der Waals surface area contributed by atoms with Crippen LogP contribution < -0.4 is 5.32 Å². The van der Waals surface area contributed by atoms with E-state index < -0.39 is 5.41 Å². The monoisotopic (exact) mass is 266 g/mol. The zero-order valence-electron chi connectivity index (χ0n) is 11.1. The third-order valence-corrected chi connectivity index (χ3v) is 6.04. The molecule has 18 heavy (non-hydrogen) atoms. The number of rotatable bonds is 4. The lowest BCUT2D eigenvalue weighted by Gasteiger charge is -2.29. The molecule has 0 aromatic heterocycles. The molecule has 1 N–H and O–H groups in total. The molecular formula is C14H22N2OS. The highest BCUT2D eigenvalue weighted by atomic mass is 32.2. The number of thioether (sulfide) groups is 1. The lowest BCUT2D eigenvalue weighted by atomic mass is 9.87. The van der Waals surface area contributed by atoms with Crippen molar-refractivity contribution >= 4 is 17.7 Å². The minimum atomic E-state index is -0.724. The molecule has 0 unspecified atom stereocenters. The maximum atomic E-state index is 12.3. The van der Waals surface area contributed by atoms with Crippen LogP contribution in [0.3, 0.4) is 0 Å². The maximum Gasteiger partial charge on any atom is 0.240 e. The van der Waals surface area contributed by atoms with E-state index in [0.29, 0.717) is 0 Å². The summed E-state index contributed by atoms with van der Waals surface area (Å²) in [6.07, 6.45) is 10.5. The van der Waals surface area contributed by atoms with Crippen LogP contribution in [0.4, 0.5) is 0 Å². The summed E-state index contributed by atoms with van der Waals surface area (Å²) >= 11 is 1.87. The maximum absolute atomic E-state index is 12.3. The van der Waals surface area contributed by atoms with Crippen LogP contribution in [0, 0.1) is 16.7 Å². The summed E-state index contributed by atoms with van der Waals surface area (Å²) in [5, 5.41) is 12.4. The standard InChI is InChI=1S/C14H22N2OS/c1-18-14(8-4-5-9-14)11-16-12(17)13(10-15)6-2-3-7-13/h2-9,11H2,1H3,(H,16,17). The summed E-state index contributed by atoms with van der Waals surface area (Å²) in [6.45, 7) is 0.733. The quantitative estimate of drug-likeness (QED) is 0.851. The highest BCUT2D eigenvalue weighted by molar-refractivity contribution is 8.00. The van der Waals surface area contributed by atoms with Crippen LogP contribution in [-0.4, -0.2) is 23.5 Å². The highest BCUT2D eigenvalue weighted by Crippen LogP contribution is 2.41. The predicted octanol–water partition coefficient (Wildman–Crippen LogP) is 2.86. The molecule has 100 valence electrons. The molecule has 2 aliphatic carbocycles. The van der Waals surface area contributed by atoms with E-state index in [0.717, 1.165) is 32.2 Å². The number of nitrogens with zero attached hydrogens (tertiary/aromatic N) is 1. The summed E-state index contributed by atoms with van der Waals surface area (Å²) in [5.74, 6) is -0.0252. The first-order valence-electron chi connectivity index (χ1n) is 6.91. The summed E-state index contributed by atoms with van der Waals surface area (Å²) in [4.78, 5) is 12.3. The summed E-state index contributed by atoms with van der Waals surface area (Å²) in [6, 6.07) is 2.26. The van der Waals surface area contributed by atoms with Gasteiger partial charge in [0.1, 0.15) is 5.41 Å². The van der Waals surface area contributed by atoms with Gasteiger partial charge >= 0.3 is 0 Å². The molecule has 2 aliphatic rings. The van der Waals surface area contributed by atoms with Crippen molar-refractivity contribution in [1.29, 1.82) is 5.26 Å². The van der Waals surface area contributed by atoms with E-state index in [1.807, 2.05) is 11.8 Å². The molecule has 0 bridgehead atoms. The fourth-order valence-corrected chi connectivity index (χ4v) is 4.16. The van der Waals surface area contributed by atoms with E-state index >= 15 is 0 Å². The van der Waals surface area contributed by atoms with Crippen molar-refractivity contribution < 1.29 is 4.79 Å². The number of amides is 1. The van der Waals surface area contributed by atoms with Crippen LogP contribution in [0.15, 0.2) is 0 Å². The predicted molar refractivity (Wildman–Crippen MR) is 74.2 cm³/mol. The Kier molecular flexibility index (Phi) is 4.21. The van der Waals surface area contributed by atoms with E-state index in [-0.39, 0.29) is 10.7 Å². The van der Waals surface area contributed by atoms with Gasteiger partial charge in [0.05, 0.1) is 6.07 Å². The van der Waals surface area contributed by atoms with E-state index in [9.17, 15) is 10.1 Å². The highest BCUT2D eigenvalue weighted by Gasteiger charge is 2.42. The lowest BCUT2D eigenvalue weighted by molar-refractivity contribution is -0.128. The van der Waals surface area contributed by atoms with Crippen LogP contribution >= 0.6 is 11.8 Å². The summed E-state index contributed by atoms with van der Waals surface area (Å²) < 4.78 is 0.227. The number of hydrogen-bond acceptors (Lipinski definition) is 3. The van der Waals surface area contributed by atoms with Gasteiger partial charge in [-0.2, -0.15) is 17.0 Å². The Bertz CT molecular complexity index is 349. The average molecular weight is 266 g/mol. The van der Waals surface area contributed by atoms with Crippen LogP contribution in [0.25, 0.3) is 0 Å². The van der Waals surface area contributed by atoms with Crippen molar-refractivity contribution in [2.45, 2.75) is 56.1 Å². The second-order valence-electron chi connectivity index (χ2n) is 5.68. The summed E-state index contributed by atoms with van der Waals surface area (Å²) in [7, 11) is 0. The van der Waals surface area contributed by atoms with Crippen LogP contribution in [-0.2, 0) is 4.79 Å². The van der Waals surface area contributed by atoms with Gasteiger partial charge in [0.15, 0.2) is 0 Å². The molecule has 1 amide bonds. The van der Waals surface area contributed by atoms with E-state index in [1.54, 1.807) is 0 Å². The minimum absolute atomic E-state index is 0.0252. The summed E-state index contributed by atoms with van der Waals surface area (Å²) in [5.41, 5.74) is -0.724. The molecule has 0 aliphatic heterocycles. The van der Waals surface area contributed by atoms with Crippen molar-refractivity contribution in [1.82, 2.24) is 5.32 Å². The average Bonchev–Trinajstić information content (AvgIpc) is 3.06. The molecular weight excluding hydrogens is 244 g/mol. The van der Waals surface area contributed by atoms with E-state index in [1.165, 1.54) is 25.7 Å². The third-order valence-electron chi connectivity index (χ3n) is 4.62. The Morgan fingerprint density at radius 1 is 1.22 bits per heavy atom. The molecule has 2 fully saturated rings. The van der Waals surface area contributed by atoms with Gasteiger partial charge in [0, 0.05) is 11.3 Å². The van der Waals surface area contributed by atoms with Crippen molar-refractivity contribution in [3.63, 3.8) is 0 Å². The Balaban J connectivity index is 1.93. The normalized spacial score (nSPS) is 24.7. The van der Waals surface area contributed by atoms with Gasteiger partial charge in [-0.3, -0.25) is 4.79 Å². The lowest BCUT2D eigenvalue weighted by Crippen LogP contribution is -2.44. The Labute approximate surface area is 114 Å². The smallest absolute Gasteiger partial charge is 0.240 e. The molecule has 2 saturated carbocycles. The number of carbonyl (C=O) groups is 1.